The van der Waals surface area contributed by atoms with Crippen LogP contribution in [0, 0.1) is 0 Å². The molecular formula is C8H4N2O2S2. The van der Waals surface area contributed by atoms with Gasteiger partial charge in [-0.3, -0.25) is 0 Å². The number of nitrogens with zero attached hydrogens (tertiary/aromatic N) is 1. The fourth-order valence-electron chi connectivity index (χ4n) is 1.21. The predicted octanol–water partition coefficient (Wildman–Crippen LogP) is 2.31. The number of fused-ring (bicyclic) bond motifs is 1. The molecule has 4 nitrogen and oxygen atoms in total. The van der Waals surface area contributed by atoms with Crippen LogP contribution in [0.3, 0.4) is 0 Å². The zero-order valence-corrected chi connectivity index (χ0v) is 8.45. The highest BCUT2D eigenvalue weighted by molar-refractivity contribution is 7.25. The molecule has 0 radical (unpaired) electrons. The van der Waals surface area contributed by atoms with Crippen molar-refractivity contribution >= 4 is 32.8 Å². The Labute approximate surface area is 85.8 Å². The molecule has 6 heteroatoms. The molecule has 3 heterocycles. The van der Waals surface area contributed by atoms with E-state index >= 15 is 0 Å². The van der Waals surface area contributed by atoms with Crippen molar-refractivity contribution in [2.45, 2.75) is 0 Å². The molecule has 0 aliphatic rings. The molecule has 0 amide bonds. The Bertz CT molecular complexity index is 602. The monoisotopic (exact) mass is 224 g/mol. The van der Waals surface area contributed by atoms with Crippen molar-refractivity contribution < 1.29 is 4.42 Å². The summed E-state index contributed by atoms with van der Waals surface area (Å²) in [5.74, 6) is -0.155. The first-order valence-corrected chi connectivity index (χ1v) is 5.60. The molecule has 0 fully saturated rings. The Morgan fingerprint density at radius 1 is 1.43 bits per heavy atom. The van der Waals surface area contributed by atoms with Gasteiger partial charge in [-0.05, 0) is 11.4 Å². The van der Waals surface area contributed by atoms with Gasteiger partial charge in [0.05, 0.1) is 4.88 Å². The lowest BCUT2D eigenvalue weighted by Crippen LogP contribution is -1.93. The minimum atomic E-state index is -0.518. The third-order valence-electron chi connectivity index (χ3n) is 1.81. The number of rotatable bonds is 1. The summed E-state index contributed by atoms with van der Waals surface area (Å²) in [4.78, 5) is 11.6. The second kappa shape index (κ2) is 2.79. The van der Waals surface area contributed by atoms with E-state index in [4.69, 9.17) is 4.42 Å². The third-order valence-corrected chi connectivity index (χ3v) is 3.81. The molecule has 0 aliphatic heterocycles. The lowest BCUT2D eigenvalue weighted by molar-refractivity contribution is 0.528. The van der Waals surface area contributed by atoms with Gasteiger partial charge in [-0.1, -0.05) is 0 Å². The number of aromatic nitrogens is 2. The Morgan fingerprint density at radius 3 is 3.07 bits per heavy atom. The van der Waals surface area contributed by atoms with Crippen molar-refractivity contribution in [2.24, 2.45) is 0 Å². The van der Waals surface area contributed by atoms with Crippen molar-refractivity contribution in [1.82, 2.24) is 10.2 Å². The molecule has 0 aromatic carbocycles. The van der Waals surface area contributed by atoms with Crippen LogP contribution < -0.4 is 5.76 Å². The number of thiophene rings is 2. The van der Waals surface area contributed by atoms with E-state index < -0.39 is 5.76 Å². The van der Waals surface area contributed by atoms with Gasteiger partial charge in [-0.15, -0.1) is 16.4 Å². The highest BCUT2D eigenvalue weighted by Crippen LogP contribution is 2.33. The fourth-order valence-corrected chi connectivity index (χ4v) is 3.15. The number of hydrogen-bond donors (Lipinski definition) is 1. The minimum absolute atomic E-state index is 0.362. The van der Waals surface area contributed by atoms with Crippen LogP contribution in [0.5, 0.6) is 0 Å². The lowest BCUT2D eigenvalue weighted by atomic mass is 10.4. The van der Waals surface area contributed by atoms with E-state index in [-0.39, 0.29) is 0 Å². The quantitative estimate of drug-likeness (QED) is 0.690. The smallest absolute Gasteiger partial charge is 0.387 e. The molecule has 3 aromatic rings. The van der Waals surface area contributed by atoms with E-state index in [9.17, 15) is 4.79 Å². The second-order valence-corrected chi connectivity index (χ2v) is 4.55. The van der Waals surface area contributed by atoms with Crippen molar-refractivity contribution in [1.29, 1.82) is 0 Å². The van der Waals surface area contributed by atoms with E-state index in [1.165, 1.54) is 10.1 Å². The Hall–Kier alpha value is -1.40. The highest BCUT2D eigenvalue weighted by Gasteiger charge is 2.09. The average Bonchev–Trinajstić information content (AvgIpc) is 2.75. The molecule has 0 bridgehead atoms. The van der Waals surface area contributed by atoms with Crippen LogP contribution in [0.25, 0.3) is 20.9 Å². The van der Waals surface area contributed by atoms with Gasteiger partial charge in [-0.25, -0.2) is 9.89 Å². The molecule has 0 saturated heterocycles. The normalized spacial score (nSPS) is 11.1. The summed E-state index contributed by atoms with van der Waals surface area (Å²) in [5.41, 5.74) is 0. The van der Waals surface area contributed by atoms with E-state index in [1.54, 1.807) is 22.7 Å². The zero-order chi connectivity index (χ0) is 9.54. The first kappa shape index (κ1) is 7.95. The third kappa shape index (κ3) is 1.11. The number of aromatic amines is 1. The largest absolute Gasteiger partial charge is 0.434 e. The van der Waals surface area contributed by atoms with Gasteiger partial charge in [0.25, 0.3) is 5.89 Å². The summed E-state index contributed by atoms with van der Waals surface area (Å²) in [7, 11) is 0. The molecule has 0 unspecified atom stereocenters. The molecular weight excluding hydrogens is 220 g/mol. The molecule has 0 aliphatic carbocycles. The van der Waals surface area contributed by atoms with Gasteiger partial charge in [0.2, 0.25) is 0 Å². The van der Waals surface area contributed by atoms with Gasteiger partial charge in [-0.2, -0.15) is 11.3 Å². The zero-order valence-electron chi connectivity index (χ0n) is 6.81. The molecule has 3 aromatic heterocycles. The SMILES string of the molecule is O=c1[nH]nc(-c2cc3cscc3s2)o1. The summed E-state index contributed by atoms with van der Waals surface area (Å²) in [6.07, 6.45) is 0. The van der Waals surface area contributed by atoms with Gasteiger partial charge >= 0.3 is 5.76 Å². The van der Waals surface area contributed by atoms with Gasteiger partial charge < -0.3 is 4.42 Å². The van der Waals surface area contributed by atoms with E-state index in [0.717, 1.165) is 4.88 Å². The van der Waals surface area contributed by atoms with E-state index in [0.29, 0.717) is 5.89 Å². The molecule has 0 atom stereocenters. The Balaban J connectivity index is 2.23. The van der Waals surface area contributed by atoms with Crippen molar-refractivity contribution in [3.8, 4) is 10.8 Å². The topological polar surface area (TPSA) is 58.9 Å². The summed E-state index contributed by atoms with van der Waals surface area (Å²) >= 11 is 3.22. The predicted molar refractivity (Wildman–Crippen MR) is 55.8 cm³/mol. The van der Waals surface area contributed by atoms with E-state index in [1.807, 2.05) is 6.07 Å². The van der Waals surface area contributed by atoms with Gasteiger partial charge in [0.15, 0.2) is 0 Å². The maximum Gasteiger partial charge on any atom is 0.434 e. The average molecular weight is 224 g/mol. The van der Waals surface area contributed by atoms with Crippen molar-refractivity contribution in [3.05, 3.63) is 27.4 Å². The first-order chi connectivity index (χ1) is 6.83. The number of hydrogen-bond acceptors (Lipinski definition) is 5. The maximum atomic E-state index is 10.7. The van der Waals surface area contributed by atoms with Crippen LogP contribution in [0.4, 0.5) is 0 Å². The minimum Gasteiger partial charge on any atom is -0.387 e. The van der Waals surface area contributed by atoms with Crippen LogP contribution in [0.1, 0.15) is 0 Å². The van der Waals surface area contributed by atoms with Crippen LogP contribution in [0.15, 0.2) is 26.0 Å². The summed E-state index contributed by atoms with van der Waals surface area (Å²) in [6, 6.07) is 1.97. The van der Waals surface area contributed by atoms with Gasteiger partial charge in [0.1, 0.15) is 0 Å². The Kier molecular flexibility index (Phi) is 1.59. The second-order valence-electron chi connectivity index (χ2n) is 2.72. The van der Waals surface area contributed by atoms with Gasteiger partial charge in [0, 0.05) is 15.5 Å². The van der Waals surface area contributed by atoms with Crippen LogP contribution in [-0.2, 0) is 0 Å². The molecule has 70 valence electrons. The van der Waals surface area contributed by atoms with Crippen LogP contribution >= 0.6 is 22.7 Å². The maximum absolute atomic E-state index is 10.7. The van der Waals surface area contributed by atoms with Crippen molar-refractivity contribution in [2.75, 3.05) is 0 Å². The molecule has 0 spiro atoms. The first-order valence-electron chi connectivity index (χ1n) is 3.84. The molecule has 14 heavy (non-hydrogen) atoms. The number of H-pyrrole nitrogens is 1. The summed E-state index contributed by atoms with van der Waals surface area (Å²) < 4.78 is 6.05. The lowest BCUT2D eigenvalue weighted by Gasteiger charge is -1.82. The van der Waals surface area contributed by atoms with Crippen molar-refractivity contribution in [3.63, 3.8) is 0 Å². The summed E-state index contributed by atoms with van der Waals surface area (Å²) in [5, 5.41) is 11.3. The molecule has 0 saturated carbocycles. The molecule has 1 N–H and O–H groups in total. The summed E-state index contributed by atoms with van der Waals surface area (Å²) in [6.45, 7) is 0. The van der Waals surface area contributed by atoms with Crippen LogP contribution in [-0.4, -0.2) is 10.2 Å². The van der Waals surface area contributed by atoms with E-state index in [2.05, 4.69) is 21.0 Å². The van der Waals surface area contributed by atoms with Crippen LogP contribution in [0.2, 0.25) is 0 Å². The Morgan fingerprint density at radius 2 is 2.36 bits per heavy atom. The highest BCUT2D eigenvalue weighted by atomic mass is 32.1. The molecule has 3 rings (SSSR count). The fraction of sp³-hybridized carbons (Fsp3) is 0. The number of nitrogens with one attached hydrogen (secondary N) is 1. The standard InChI is InChI=1S/C8H4N2O2S2/c11-8-10-9-7(12-8)5-1-4-2-13-3-6(4)14-5/h1-3H,(H,10,11).